The number of hydrogen-bond donors (Lipinski definition) is 1. The molecule has 1 saturated heterocycles. The molecule has 0 radical (unpaired) electrons. The highest BCUT2D eigenvalue weighted by Crippen LogP contribution is 2.32. The minimum absolute atomic E-state index is 0.0512. The van der Waals surface area contributed by atoms with Gasteiger partial charge >= 0.3 is 0 Å². The molecule has 2 aliphatic rings. The van der Waals surface area contributed by atoms with E-state index in [0.29, 0.717) is 0 Å². The van der Waals surface area contributed by atoms with Crippen molar-refractivity contribution in [3.63, 3.8) is 0 Å². The average Bonchev–Trinajstić information content (AvgIpc) is 2.81. The Kier molecular flexibility index (Phi) is 3.89. The summed E-state index contributed by atoms with van der Waals surface area (Å²) >= 11 is 0. The second-order valence-electron chi connectivity index (χ2n) is 5.37. The fourth-order valence-electron chi connectivity index (χ4n) is 2.76. The molecule has 0 amide bonds. The number of fused-ring (bicyclic) bond motifs is 1. The Morgan fingerprint density at radius 2 is 1.79 bits per heavy atom. The van der Waals surface area contributed by atoms with Crippen LogP contribution in [0.3, 0.4) is 0 Å². The normalized spacial score (nSPS) is 21.1. The molecule has 2 heterocycles. The molecule has 0 aromatic heterocycles. The minimum atomic E-state index is 0.0512. The number of benzene rings is 1. The quantitative estimate of drug-likeness (QED) is 0.904. The molecule has 0 spiro atoms. The van der Waals surface area contributed by atoms with Crippen LogP contribution in [-0.4, -0.2) is 37.7 Å². The number of ether oxygens (including phenoxy) is 2. The van der Waals surface area contributed by atoms with Crippen LogP contribution in [0.2, 0.25) is 0 Å². The van der Waals surface area contributed by atoms with E-state index in [4.69, 9.17) is 15.2 Å². The number of hydrogen-bond acceptors (Lipinski definition) is 4. The summed E-state index contributed by atoms with van der Waals surface area (Å²) in [6.45, 7) is 4.74. The van der Waals surface area contributed by atoms with Gasteiger partial charge in [-0.15, -0.1) is 0 Å². The maximum absolute atomic E-state index is 6.31. The fourth-order valence-corrected chi connectivity index (χ4v) is 2.76. The zero-order valence-electron chi connectivity index (χ0n) is 11.3. The van der Waals surface area contributed by atoms with Crippen molar-refractivity contribution in [1.82, 2.24) is 4.90 Å². The van der Waals surface area contributed by atoms with Gasteiger partial charge in [0, 0.05) is 19.0 Å². The van der Waals surface area contributed by atoms with Crippen LogP contribution >= 0.6 is 0 Å². The van der Waals surface area contributed by atoms with E-state index in [1.54, 1.807) is 0 Å². The predicted molar refractivity (Wildman–Crippen MR) is 74.7 cm³/mol. The molecule has 1 fully saturated rings. The van der Waals surface area contributed by atoms with Gasteiger partial charge in [-0.1, -0.05) is 6.07 Å². The van der Waals surface area contributed by atoms with Gasteiger partial charge in [0.05, 0.1) is 13.2 Å². The van der Waals surface area contributed by atoms with Gasteiger partial charge in [0.1, 0.15) is 0 Å². The molecule has 0 bridgehead atoms. The van der Waals surface area contributed by atoms with Crippen molar-refractivity contribution in [2.24, 2.45) is 5.73 Å². The molecule has 0 aliphatic carbocycles. The summed E-state index contributed by atoms with van der Waals surface area (Å²) in [6.07, 6.45) is 3.53. The van der Waals surface area contributed by atoms with E-state index in [2.05, 4.69) is 11.0 Å². The summed E-state index contributed by atoms with van der Waals surface area (Å²) in [5.41, 5.74) is 7.44. The van der Waals surface area contributed by atoms with Crippen molar-refractivity contribution in [3.8, 4) is 11.5 Å². The van der Waals surface area contributed by atoms with Gasteiger partial charge in [0.2, 0.25) is 0 Å². The third-order valence-electron chi connectivity index (χ3n) is 3.85. The first kappa shape index (κ1) is 12.8. The monoisotopic (exact) mass is 262 g/mol. The number of rotatable bonds is 3. The average molecular weight is 262 g/mol. The summed E-state index contributed by atoms with van der Waals surface area (Å²) in [5.74, 6) is 1.68. The molecule has 2 N–H and O–H groups in total. The Bertz CT molecular complexity index is 430. The van der Waals surface area contributed by atoms with Crippen molar-refractivity contribution in [3.05, 3.63) is 23.8 Å². The van der Waals surface area contributed by atoms with Gasteiger partial charge in [0.25, 0.3) is 0 Å². The first-order valence-electron chi connectivity index (χ1n) is 7.20. The van der Waals surface area contributed by atoms with Crippen molar-refractivity contribution >= 4 is 0 Å². The highest BCUT2D eigenvalue weighted by Gasteiger charge is 2.18. The molecular weight excluding hydrogens is 240 g/mol. The van der Waals surface area contributed by atoms with Crippen LogP contribution in [-0.2, 0) is 0 Å². The van der Waals surface area contributed by atoms with Gasteiger partial charge < -0.3 is 20.1 Å². The lowest BCUT2D eigenvalue weighted by atomic mass is 10.1. The fraction of sp³-hybridized carbons (Fsp3) is 0.600. The lowest BCUT2D eigenvalue weighted by Gasteiger charge is -2.21. The van der Waals surface area contributed by atoms with E-state index in [9.17, 15) is 0 Å². The molecule has 1 aromatic carbocycles. The molecular formula is C15H22N2O2. The molecule has 1 atom stereocenters. The molecule has 3 rings (SSSR count). The lowest BCUT2D eigenvalue weighted by molar-refractivity contribution is 0.296. The molecule has 0 saturated carbocycles. The zero-order chi connectivity index (χ0) is 13.1. The second-order valence-corrected chi connectivity index (χ2v) is 5.37. The standard InChI is InChI=1S/C15H22N2O2/c16-13(11-17-6-1-2-7-17)12-4-5-14-15(10-12)19-9-3-8-18-14/h4-5,10,13H,1-3,6-9,11,16H2. The van der Waals surface area contributed by atoms with Crippen molar-refractivity contribution in [2.45, 2.75) is 25.3 Å². The van der Waals surface area contributed by atoms with Crippen LogP contribution in [0.25, 0.3) is 0 Å². The second kappa shape index (κ2) is 5.80. The van der Waals surface area contributed by atoms with Crippen LogP contribution in [0.1, 0.15) is 30.9 Å². The molecule has 19 heavy (non-hydrogen) atoms. The van der Waals surface area contributed by atoms with Crippen LogP contribution < -0.4 is 15.2 Å². The number of nitrogens with two attached hydrogens (primary N) is 1. The lowest BCUT2D eigenvalue weighted by Crippen LogP contribution is -2.29. The van der Waals surface area contributed by atoms with Crippen LogP contribution in [0, 0.1) is 0 Å². The van der Waals surface area contributed by atoms with E-state index < -0.39 is 0 Å². The van der Waals surface area contributed by atoms with Gasteiger partial charge in [-0.3, -0.25) is 0 Å². The molecule has 2 aliphatic heterocycles. The minimum Gasteiger partial charge on any atom is -0.490 e. The van der Waals surface area contributed by atoms with Crippen molar-refractivity contribution < 1.29 is 9.47 Å². The van der Waals surface area contributed by atoms with E-state index in [0.717, 1.165) is 43.2 Å². The largest absolute Gasteiger partial charge is 0.490 e. The first-order valence-corrected chi connectivity index (χ1v) is 7.20. The van der Waals surface area contributed by atoms with Crippen molar-refractivity contribution in [2.75, 3.05) is 32.8 Å². The highest BCUT2D eigenvalue weighted by atomic mass is 16.5. The van der Waals surface area contributed by atoms with Gasteiger partial charge in [-0.2, -0.15) is 0 Å². The van der Waals surface area contributed by atoms with E-state index in [1.165, 1.54) is 25.9 Å². The Morgan fingerprint density at radius 1 is 1.05 bits per heavy atom. The summed E-state index contributed by atoms with van der Waals surface area (Å²) in [4.78, 5) is 2.44. The highest BCUT2D eigenvalue weighted by molar-refractivity contribution is 5.44. The van der Waals surface area contributed by atoms with Crippen LogP contribution in [0.4, 0.5) is 0 Å². The van der Waals surface area contributed by atoms with Gasteiger partial charge in [-0.25, -0.2) is 0 Å². The summed E-state index contributed by atoms with van der Waals surface area (Å²) < 4.78 is 11.4. The van der Waals surface area contributed by atoms with Crippen LogP contribution in [0.5, 0.6) is 11.5 Å². The third kappa shape index (κ3) is 3.01. The topological polar surface area (TPSA) is 47.7 Å². The molecule has 4 nitrogen and oxygen atoms in total. The SMILES string of the molecule is NC(CN1CCCC1)c1ccc2c(c1)OCCCO2. The van der Waals surface area contributed by atoms with Crippen molar-refractivity contribution in [1.29, 1.82) is 0 Å². The smallest absolute Gasteiger partial charge is 0.161 e. The molecule has 104 valence electrons. The Balaban J connectivity index is 1.71. The van der Waals surface area contributed by atoms with E-state index >= 15 is 0 Å². The predicted octanol–water partition coefficient (Wildman–Crippen LogP) is 1.94. The number of likely N-dealkylation sites (tertiary alicyclic amines) is 1. The van der Waals surface area contributed by atoms with E-state index in [-0.39, 0.29) is 6.04 Å². The van der Waals surface area contributed by atoms with Crippen LogP contribution in [0.15, 0.2) is 18.2 Å². The first-order chi connectivity index (χ1) is 9.33. The summed E-state index contributed by atoms with van der Waals surface area (Å²) in [7, 11) is 0. The third-order valence-corrected chi connectivity index (χ3v) is 3.85. The summed E-state index contributed by atoms with van der Waals surface area (Å²) in [5, 5.41) is 0. The Morgan fingerprint density at radius 3 is 2.58 bits per heavy atom. The summed E-state index contributed by atoms with van der Waals surface area (Å²) in [6, 6.07) is 6.14. The maximum atomic E-state index is 6.31. The van der Waals surface area contributed by atoms with Gasteiger partial charge in [0.15, 0.2) is 11.5 Å². The maximum Gasteiger partial charge on any atom is 0.161 e. The Hall–Kier alpha value is -1.26. The molecule has 1 unspecified atom stereocenters. The van der Waals surface area contributed by atoms with Gasteiger partial charge in [-0.05, 0) is 43.6 Å². The number of nitrogens with zero attached hydrogens (tertiary/aromatic N) is 1. The van der Waals surface area contributed by atoms with E-state index in [1.807, 2.05) is 12.1 Å². The molecule has 4 heteroatoms. The molecule has 1 aromatic rings. The Labute approximate surface area is 114 Å². The zero-order valence-corrected chi connectivity index (χ0v) is 11.3.